The third-order valence-corrected chi connectivity index (χ3v) is 4.73. The topological polar surface area (TPSA) is 58.4 Å². The molecule has 1 spiro atoms. The summed E-state index contributed by atoms with van der Waals surface area (Å²) in [4.78, 5) is 13.1. The summed E-state index contributed by atoms with van der Waals surface area (Å²) >= 11 is 0. The number of likely N-dealkylation sites (tertiary alicyclic amines) is 1. The Hall–Kier alpha value is -1.46. The molecule has 2 fully saturated rings. The van der Waals surface area contributed by atoms with E-state index in [0.29, 0.717) is 5.41 Å². The monoisotopic (exact) mass is 275 g/mol. The first-order valence-electron chi connectivity index (χ1n) is 7.25. The van der Waals surface area contributed by atoms with Crippen LogP contribution in [-0.2, 0) is 6.54 Å². The van der Waals surface area contributed by atoms with Gasteiger partial charge in [-0.3, -0.25) is 15.0 Å². The predicted octanol–water partition coefficient (Wildman–Crippen LogP) is 2.09. The second-order valence-corrected chi connectivity index (χ2v) is 6.27. The van der Waals surface area contributed by atoms with Crippen LogP contribution < -0.4 is 5.32 Å². The summed E-state index contributed by atoms with van der Waals surface area (Å²) in [5.41, 5.74) is 2.47. The summed E-state index contributed by atoms with van der Waals surface area (Å²) in [6, 6.07) is 5.60. The Bertz CT molecular complexity index is 524. The molecule has 2 saturated heterocycles. The Morgan fingerprint density at radius 3 is 3.00 bits per heavy atom. The molecule has 1 aromatic rings. The minimum atomic E-state index is -0.287. The molecular formula is C15H21N3O2. The van der Waals surface area contributed by atoms with Crippen molar-refractivity contribution in [3.8, 4) is 0 Å². The average molecular weight is 275 g/mol. The Morgan fingerprint density at radius 1 is 1.45 bits per heavy atom. The Balaban J connectivity index is 1.69. The maximum absolute atomic E-state index is 11.0. The highest BCUT2D eigenvalue weighted by molar-refractivity contribution is 5.42. The standard InChI is InChI=1S/C15H21N3O2/c1-12-2-3-13(8-14(12)18(19)20)9-17-7-5-15(11-17)4-6-16-10-15/h2-3,8,16H,4-7,9-11H2,1H3. The Labute approximate surface area is 119 Å². The van der Waals surface area contributed by atoms with E-state index in [0.717, 1.165) is 43.9 Å². The predicted molar refractivity (Wildman–Crippen MR) is 77.6 cm³/mol. The lowest BCUT2D eigenvalue weighted by molar-refractivity contribution is -0.385. The van der Waals surface area contributed by atoms with E-state index in [-0.39, 0.29) is 10.6 Å². The number of nitro benzene ring substituents is 1. The minimum absolute atomic E-state index is 0.235. The van der Waals surface area contributed by atoms with Gasteiger partial charge in [-0.25, -0.2) is 0 Å². The third kappa shape index (κ3) is 2.55. The van der Waals surface area contributed by atoms with Gasteiger partial charge in [-0.2, -0.15) is 0 Å². The zero-order valence-corrected chi connectivity index (χ0v) is 11.9. The van der Waals surface area contributed by atoms with Gasteiger partial charge >= 0.3 is 0 Å². The second kappa shape index (κ2) is 5.14. The summed E-state index contributed by atoms with van der Waals surface area (Å²) in [6.45, 7) is 7.08. The number of aryl methyl sites for hydroxylation is 1. The molecule has 0 amide bonds. The quantitative estimate of drug-likeness (QED) is 0.678. The molecule has 108 valence electrons. The number of nitrogens with zero attached hydrogens (tertiary/aromatic N) is 2. The highest BCUT2D eigenvalue weighted by atomic mass is 16.6. The van der Waals surface area contributed by atoms with Crippen LogP contribution in [0.5, 0.6) is 0 Å². The van der Waals surface area contributed by atoms with Crippen LogP contribution in [0.2, 0.25) is 0 Å². The first-order chi connectivity index (χ1) is 9.58. The summed E-state index contributed by atoms with van der Waals surface area (Å²) in [5, 5.41) is 14.5. The van der Waals surface area contributed by atoms with Crippen LogP contribution in [0.25, 0.3) is 0 Å². The molecule has 2 aliphatic heterocycles. The fraction of sp³-hybridized carbons (Fsp3) is 0.600. The molecule has 1 N–H and O–H groups in total. The van der Waals surface area contributed by atoms with Crippen molar-refractivity contribution in [2.45, 2.75) is 26.3 Å². The van der Waals surface area contributed by atoms with Crippen molar-refractivity contribution in [1.82, 2.24) is 10.2 Å². The van der Waals surface area contributed by atoms with Crippen molar-refractivity contribution in [3.63, 3.8) is 0 Å². The van der Waals surface area contributed by atoms with E-state index in [1.807, 2.05) is 12.1 Å². The zero-order valence-electron chi connectivity index (χ0n) is 11.9. The van der Waals surface area contributed by atoms with Crippen LogP contribution in [0.15, 0.2) is 18.2 Å². The molecule has 0 radical (unpaired) electrons. The molecule has 2 heterocycles. The molecule has 0 aliphatic carbocycles. The van der Waals surface area contributed by atoms with Gasteiger partial charge in [0.05, 0.1) is 4.92 Å². The molecule has 1 aromatic carbocycles. The van der Waals surface area contributed by atoms with Crippen LogP contribution in [0.1, 0.15) is 24.0 Å². The van der Waals surface area contributed by atoms with Crippen LogP contribution in [0.3, 0.4) is 0 Å². The highest BCUT2D eigenvalue weighted by Crippen LogP contribution is 2.36. The first-order valence-corrected chi connectivity index (χ1v) is 7.25. The van der Waals surface area contributed by atoms with Crippen LogP contribution >= 0.6 is 0 Å². The van der Waals surface area contributed by atoms with E-state index >= 15 is 0 Å². The number of nitrogens with one attached hydrogen (secondary N) is 1. The van der Waals surface area contributed by atoms with E-state index in [2.05, 4.69) is 10.2 Å². The molecule has 1 unspecified atom stereocenters. The lowest BCUT2D eigenvalue weighted by Gasteiger charge is -2.22. The lowest BCUT2D eigenvalue weighted by Crippen LogP contribution is -2.28. The van der Waals surface area contributed by atoms with E-state index in [4.69, 9.17) is 0 Å². The maximum atomic E-state index is 11.0. The van der Waals surface area contributed by atoms with Crippen molar-refractivity contribution in [2.24, 2.45) is 5.41 Å². The summed E-state index contributed by atoms with van der Waals surface area (Å²) in [5.74, 6) is 0. The van der Waals surface area contributed by atoms with Gasteiger partial charge in [-0.05, 0) is 43.8 Å². The van der Waals surface area contributed by atoms with Crippen LogP contribution in [0.4, 0.5) is 5.69 Å². The third-order valence-electron chi connectivity index (χ3n) is 4.73. The van der Waals surface area contributed by atoms with Gasteiger partial charge in [0.1, 0.15) is 0 Å². The molecule has 0 aromatic heterocycles. The average Bonchev–Trinajstić information content (AvgIpc) is 3.03. The van der Waals surface area contributed by atoms with Crippen LogP contribution in [-0.4, -0.2) is 36.0 Å². The SMILES string of the molecule is Cc1ccc(CN2CCC3(CCNC3)C2)cc1[N+](=O)[O-]. The first kappa shape index (κ1) is 13.5. The van der Waals surface area contributed by atoms with Crippen molar-refractivity contribution in [1.29, 1.82) is 0 Å². The number of hydrogen-bond donors (Lipinski definition) is 1. The minimum Gasteiger partial charge on any atom is -0.316 e. The van der Waals surface area contributed by atoms with E-state index in [1.165, 1.54) is 12.8 Å². The molecule has 0 saturated carbocycles. The van der Waals surface area contributed by atoms with Gasteiger partial charge in [0.2, 0.25) is 0 Å². The van der Waals surface area contributed by atoms with Crippen molar-refractivity contribution in [2.75, 3.05) is 26.2 Å². The molecule has 0 bridgehead atoms. The fourth-order valence-corrected chi connectivity index (χ4v) is 3.51. The molecular weight excluding hydrogens is 254 g/mol. The van der Waals surface area contributed by atoms with E-state index in [9.17, 15) is 10.1 Å². The maximum Gasteiger partial charge on any atom is 0.272 e. The lowest BCUT2D eigenvalue weighted by atomic mass is 9.86. The summed E-state index contributed by atoms with van der Waals surface area (Å²) < 4.78 is 0. The molecule has 5 heteroatoms. The van der Waals surface area contributed by atoms with Crippen molar-refractivity contribution < 1.29 is 4.92 Å². The summed E-state index contributed by atoms with van der Waals surface area (Å²) in [7, 11) is 0. The van der Waals surface area contributed by atoms with E-state index in [1.54, 1.807) is 13.0 Å². The molecule has 3 rings (SSSR count). The Kier molecular flexibility index (Phi) is 3.48. The van der Waals surface area contributed by atoms with Gasteiger partial charge in [0.15, 0.2) is 0 Å². The van der Waals surface area contributed by atoms with Crippen molar-refractivity contribution in [3.05, 3.63) is 39.4 Å². The van der Waals surface area contributed by atoms with Gasteiger partial charge < -0.3 is 5.32 Å². The number of benzene rings is 1. The number of hydrogen-bond acceptors (Lipinski definition) is 4. The second-order valence-electron chi connectivity index (χ2n) is 6.27. The zero-order chi connectivity index (χ0) is 14.2. The van der Waals surface area contributed by atoms with Gasteiger partial charge in [-0.15, -0.1) is 0 Å². The molecule has 1 atom stereocenters. The largest absolute Gasteiger partial charge is 0.316 e. The summed E-state index contributed by atoms with van der Waals surface area (Å²) in [6.07, 6.45) is 2.51. The van der Waals surface area contributed by atoms with Gasteiger partial charge in [-0.1, -0.05) is 12.1 Å². The molecule has 5 nitrogen and oxygen atoms in total. The normalized spacial score (nSPS) is 26.4. The Morgan fingerprint density at radius 2 is 2.30 bits per heavy atom. The number of nitro groups is 1. The fourth-order valence-electron chi connectivity index (χ4n) is 3.51. The van der Waals surface area contributed by atoms with Gasteiger partial charge in [0.25, 0.3) is 5.69 Å². The smallest absolute Gasteiger partial charge is 0.272 e. The van der Waals surface area contributed by atoms with Gasteiger partial charge in [0, 0.05) is 31.3 Å². The molecule has 2 aliphatic rings. The van der Waals surface area contributed by atoms with Crippen LogP contribution in [0, 0.1) is 22.5 Å². The highest BCUT2D eigenvalue weighted by Gasteiger charge is 2.40. The van der Waals surface area contributed by atoms with E-state index < -0.39 is 0 Å². The number of rotatable bonds is 3. The molecule has 20 heavy (non-hydrogen) atoms. The van der Waals surface area contributed by atoms with Crippen molar-refractivity contribution >= 4 is 5.69 Å².